The van der Waals surface area contributed by atoms with Crippen molar-refractivity contribution in [3.05, 3.63) is 182 Å². The van der Waals surface area contributed by atoms with Gasteiger partial charge in [0.1, 0.15) is 11.2 Å². The second-order valence-corrected chi connectivity index (χ2v) is 14.1. The first-order chi connectivity index (χ1) is 27.3. The van der Waals surface area contributed by atoms with Crippen LogP contribution in [0.4, 0.5) is 0 Å². The van der Waals surface area contributed by atoms with E-state index in [0.717, 1.165) is 93.4 Å². The number of benzene rings is 8. The molecule has 0 atom stereocenters. The predicted molar refractivity (Wildman–Crippen MR) is 226 cm³/mol. The average molecular weight is 703 g/mol. The summed E-state index contributed by atoms with van der Waals surface area (Å²) in [6.45, 7) is 0. The molecule has 256 valence electrons. The van der Waals surface area contributed by atoms with E-state index in [1.165, 1.54) is 11.1 Å². The van der Waals surface area contributed by atoms with Gasteiger partial charge in [0.2, 0.25) is 5.95 Å². The number of aromatic nitrogens is 4. The summed E-state index contributed by atoms with van der Waals surface area (Å²) in [5.74, 6) is 0.637. The maximum absolute atomic E-state index is 6.73. The standard InChI is InChI=1S/C50H30N4O/c1-3-13-31(14-4-1)32-23-25-34(26-24-32)53-43-29-27-36-35-17-9-12-22-44(35)55-49(36)46(43)39-28-30-42-45(48(39)53)38-19-8-11-21-41(38)54(42)50-51-40-20-10-7-18-37(40)47(52-50)33-15-5-2-6-16-33/h1-30H. The molecule has 0 aliphatic rings. The van der Waals surface area contributed by atoms with Crippen molar-refractivity contribution >= 4 is 76.5 Å². The molecular weight excluding hydrogens is 673 g/mol. The van der Waals surface area contributed by atoms with Crippen molar-refractivity contribution in [2.75, 3.05) is 0 Å². The normalized spacial score (nSPS) is 12.0. The summed E-state index contributed by atoms with van der Waals surface area (Å²) >= 11 is 0. The van der Waals surface area contributed by atoms with Gasteiger partial charge in [-0.15, -0.1) is 0 Å². The van der Waals surface area contributed by atoms with Crippen LogP contribution in [0.25, 0.3) is 110 Å². The maximum atomic E-state index is 6.73. The van der Waals surface area contributed by atoms with Crippen molar-refractivity contribution in [1.29, 1.82) is 0 Å². The molecule has 0 amide bonds. The van der Waals surface area contributed by atoms with E-state index in [0.29, 0.717) is 5.95 Å². The molecule has 0 fully saturated rings. The summed E-state index contributed by atoms with van der Waals surface area (Å²) in [5.41, 5.74) is 12.4. The second kappa shape index (κ2) is 11.5. The lowest BCUT2D eigenvalue weighted by Crippen LogP contribution is -2.03. The Morgan fingerprint density at radius 3 is 1.80 bits per heavy atom. The lowest BCUT2D eigenvalue weighted by Gasteiger charge is -2.12. The van der Waals surface area contributed by atoms with Crippen molar-refractivity contribution in [2.24, 2.45) is 0 Å². The van der Waals surface area contributed by atoms with Crippen LogP contribution < -0.4 is 0 Å². The fourth-order valence-electron chi connectivity index (χ4n) is 8.72. The first-order valence-corrected chi connectivity index (χ1v) is 18.6. The Hall–Kier alpha value is -7.50. The van der Waals surface area contributed by atoms with Gasteiger partial charge in [0.15, 0.2) is 0 Å². The van der Waals surface area contributed by atoms with Gasteiger partial charge in [-0.1, -0.05) is 127 Å². The van der Waals surface area contributed by atoms with Gasteiger partial charge in [-0.2, -0.15) is 0 Å². The number of para-hydroxylation sites is 3. The Labute approximate surface area is 315 Å². The Balaban J connectivity index is 1.22. The number of nitrogens with zero attached hydrogens (tertiary/aromatic N) is 4. The number of furan rings is 1. The molecule has 0 radical (unpaired) electrons. The third kappa shape index (κ3) is 4.35. The fourth-order valence-corrected chi connectivity index (χ4v) is 8.72. The molecule has 5 nitrogen and oxygen atoms in total. The van der Waals surface area contributed by atoms with Crippen LogP contribution in [0.1, 0.15) is 0 Å². The minimum absolute atomic E-state index is 0.637. The largest absolute Gasteiger partial charge is 0.455 e. The first-order valence-electron chi connectivity index (χ1n) is 18.6. The Bertz CT molecular complexity index is 3470. The molecule has 5 heteroatoms. The molecule has 55 heavy (non-hydrogen) atoms. The van der Waals surface area contributed by atoms with Crippen LogP contribution in [0.15, 0.2) is 186 Å². The predicted octanol–water partition coefficient (Wildman–Crippen LogP) is 13.1. The maximum Gasteiger partial charge on any atom is 0.235 e. The van der Waals surface area contributed by atoms with E-state index in [2.05, 4.69) is 173 Å². The number of hydrogen-bond acceptors (Lipinski definition) is 3. The smallest absolute Gasteiger partial charge is 0.235 e. The zero-order valence-corrected chi connectivity index (χ0v) is 29.5. The molecule has 12 rings (SSSR count). The van der Waals surface area contributed by atoms with Gasteiger partial charge in [-0.05, 0) is 65.7 Å². The van der Waals surface area contributed by atoms with Gasteiger partial charge in [0.25, 0.3) is 0 Å². The molecule has 8 aromatic carbocycles. The number of rotatable bonds is 4. The molecule has 0 bridgehead atoms. The van der Waals surface area contributed by atoms with E-state index in [-0.39, 0.29) is 0 Å². The summed E-state index contributed by atoms with van der Waals surface area (Å²) in [6.07, 6.45) is 0. The van der Waals surface area contributed by atoms with E-state index in [9.17, 15) is 0 Å². The molecule has 0 aliphatic carbocycles. The molecule has 0 unspecified atom stereocenters. The summed E-state index contributed by atoms with van der Waals surface area (Å²) < 4.78 is 11.4. The minimum Gasteiger partial charge on any atom is -0.455 e. The number of fused-ring (bicyclic) bond motifs is 12. The number of hydrogen-bond donors (Lipinski definition) is 0. The summed E-state index contributed by atoms with van der Waals surface area (Å²) in [6, 6.07) is 64.1. The molecule has 0 spiro atoms. The fraction of sp³-hybridized carbons (Fsp3) is 0. The van der Waals surface area contributed by atoms with Crippen LogP contribution in [-0.2, 0) is 0 Å². The van der Waals surface area contributed by atoms with Gasteiger partial charge < -0.3 is 8.98 Å². The van der Waals surface area contributed by atoms with Crippen molar-refractivity contribution in [1.82, 2.24) is 19.1 Å². The molecule has 12 aromatic rings. The molecule has 4 heterocycles. The zero-order valence-electron chi connectivity index (χ0n) is 29.5. The van der Waals surface area contributed by atoms with E-state index >= 15 is 0 Å². The average Bonchev–Trinajstić information content (AvgIpc) is 3.91. The van der Waals surface area contributed by atoms with Crippen molar-refractivity contribution in [2.45, 2.75) is 0 Å². The van der Waals surface area contributed by atoms with Crippen molar-refractivity contribution in [3.63, 3.8) is 0 Å². The van der Waals surface area contributed by atoms with Gasteiger partial charge >= 0.3 is 0 Å². The topological polar surface area (TPSA) is 48.8 Å². The first kappa shape index (κ1) is 30.0. The highest BCUT2D eigenvalue weighted by Gasteiger charge is 2.25. The quantitative estimate of drug-likeness (QED) is 0.183. The van der Waals surface area contributed by atoms with Gasteiger partial charge in [0.05, 0.1) is 38.7 Å². The SMILES string of the molecule is c1ccc(-c2ccc(-n3c4ccc5c6ccccc6oc5c4c4ccc5c(c6ccccc6n5-c5nc(-c6ccccc6)c6ccccc6n5)c43)cc2)cc1. The Morgan fingerprint density at radius 1 is 0.382 bits per heavy atom. The van der Waals surface area contributed by atoms with Gasteiger partial charge in [-0.25, -0.2) is 9.97 Å². The van der Waals surface area contributed by atoms with Crippen LogP contribution in [0, 0.1) is 0 Å². The van der Waals surface area contributed by atoms with Crippen molar-refractivity contribution in [3.8, 4) is 34.0 Å². The molecule has 0 saturated heterocycles. The summed E-state index contributed by atoms with van der Waals surface area (Å²) in [4.78, 5) is 10.6. The van der Waals surface area contributed by atoms with Crippen LogP contribution in [0.3, 0.4) is 0 Å². The molecule has 4 aromatic heterocycles. The summed E-state index contributed by atoms with van der Waals surface area (Å²) in [7, 11) is 0. The highest BCUT2D eigenvalue weighted by Crippen LogP contribution is 2.45. The Kier molecular flexibility index (Phi) is 6.27. The van der Waals surface area contributed by atoms with Gasteiger partial charge in [0, 0.05) is 43.6 Å². The molecule has 0 aliphatic heterocycles. The molecular formula is C50H30N4O. The minimum atomic E-state index is 0.637. The zero-order chi connectivity index (χ0) is 36.0. The van der Waals surface area contributed by atoms with E-state index < -0.39 is 0 Å². The lowest BCUT2D eigenvalue weighted by molar-refractivity contribution is 0.673. The Morgan fingerprint density at radius 2 is 1.00 bits per heavy atom. The highest BCUT2D eigenvalue weighted by atomic mass is 16.3. The summed E-state index contributed by atoms with van der Waals surface area (Å²) in [5, 5.41) is 7.75. The third-order valence-corrected chi connectivity index (χ3v) is 11.1. The monoisotopic (exact) mass is 702 g/mol. The molecule has 0 N–H and O–H groups in total. The second-order valence-electron chi connectivity index (χ2n) is 14.1. The van der Waals surface area contributed by atoms with E-state index in [4.69, 9.17) is 14.4 Å². The van der Waals surface area contributed by atoms with Gasteiger partial charge in [-0.3, -0.25) is 4.57 Å². The highest BCUT2D eigenvalue weighted by molar-refractivity contribution is 6.31. The van der Waals surface area contributed by atoms with Crippen LogP contribution in [0.5, 0.6) is 0 Å². The van der Waals surface area contributed by atoms with E-state index in [1.807, 2.05) is 18.2 Å². The third-order valence-electron chi connectivity index (χ3n) is 11.1. The van der Waals surface area contributed by atoms with E-state index in [1.54, 1.807) is 0 Å². The van der Waals surface area contributed by atoms with Crippen molar-refractivity contribution < 1.29 is 4.42 Å². The lowest BCUT2D eigenvalue weighted by atomic mass is 10.1. The van der Waals surface area contributed by atoms with Crippen LogP contribution in [0.2, 0.25) is 0 Å². The molecule has 0 saturated carbocycles. The van der Waals surface area contributed by atoms with Crippen LogP contribution >= 0.6 is 0 Å². The van der Waals surface area contributed by atoms with Crippen LogP contribution in [-0.4, -0.2) is 19.1 Å².